The molecule has 9 nitrogen and oxygen atoms in total. The van der Waals surface area contributed by atoms with Crippen molar-refractivity contribution in [3.8, 4) is 5.95 Å². The summed E-state index contributed by atoms with van der Waals surface area (Å²) in [6.07, 6.45) is 14.1. The number of nitrogens with one attached hydrogen (secondary N) is 1. The molecule has 0 amide bonds. The van der Waals surface area contributed by atoms with E-state index in [1.807, 2.05) is 24.5 Å². The average molecular weight is 630 g/mol. The Morgan fingerprint density at radius 1 is 0.833 bits per heavy atom. The lowest BCUT2D eigenvalue weighted by atomic mass is 9.96. The Morgan fingerprint density at radius 3 is 2.58 bits per heavy atom. The zero-order chi connectivity index (χ0) is 30.9. The summed E-state index contributed by atoms with van der Waals surface area (Å²) in [4.78, 5) is 28.0. The number of aromatic nitrogens is 5. The maximum absolute atomic E-state index is 5.46. The fourth-order valence-electron chi connectivity index (χ4n) is 9.04. The lowest BCUT2D eigenvalue weighted by molar-refractivity contribution is 0.250. The van der Waals surface area contributed by atoms with E-state index in [9.17, 15) is 0 Å². The molecule has 0 saturated heterocycles. The molecule has 9 heteroatoms. The third kappa shape index (κ3) is 3.32. The van der Waals surface area contributed by atoms with Crippen molar-refractivity contribution in [1.82, 2.24) is 34.7 Å². The Labute approximate surface area is 278 Å². The molecule has 236 valence electrons. The number of anilines is 4. The minimum absolute atomic E-state index is 0. The lowest BCUT2D eigenvalue weighted by Crippen LogP contribution is -2.46. The molecule has 6 aromatic rings. The predicted molar refractivity (Wildman–Crippen MR) is 190 cm³/mol. The van der Waals surface area contributed by atoms with Crippen LogP contribution in [0.2, 0.25) is 0 Å². The Balaban J connectivity index is 0.00000295. The van der Waals surface area contributed by atoms with Gasteiger partial charge in [0.1, 0.15) is 17.3 Å². The van der Waals surface area contributed by atoms with Crippen LogP contribution in [0, 0.1) is 0 Å². The highest BCUT2D eigenvalue weighted by molar-refractivity contribution is 6.07. The van der Waals surface area contributed by atoms with Gasteiger partial charge in [-0.25, -0.2) is 4.98 Å². The molecule has 1 fully saturated rings. The SMILES string of the molecule is C.CN1CC=CC2c3ccccc3N(c3cc(N4c5cccnc5C56CC45C=CCN6)nc(-n4c5ccccc5c5cccnc54)n3)C21. The summed E-state index contributed by atoms with van der Waals surface area (Å²) in [5, 5.41) is 6.03. The molecule has 4 aliphatic heterocycles. The monoisotopic (exact) mass is 629 g/mol. The molecule has 0 bridgehead atoms. The molecule has 4 atom stereocenters. The van der Waals surface area contributed by atoms with Gasteiger partial charge in [0.25, 0.3) is 0 Å². The molecule has 8 heterocycles. The van der Waals surface area contributed by atoms with Crippen LogP contribution in [0.25, 0.3) is 27.9 Å². The summed E-state index contributed by atoms with van der Waals surface area (Å²) in [7, 11) is 2.21. The summed E-state index contributed by atoms with van der Waals surface area (Å²) in [5.41, 5.74) is 6.05. The van der Waals surface area contributed by atoms with Crippen LogP contribution in [0.4, 0.5) is 23.0 Å². The second-order valence-corrected chi connectivity index (χ2v) is 13.3. The van der Waals surface area contributed by atoms with Crippen molar-refractivity contribution in [3.63, 3.8) is 0 Å². The average Bonchev–Trinajstić information content (AvgIpc) is 3.38. The molecule has 48 heavy (non-hydrogen) atoms. The van der Waals surface area contributed by atoms with Gasteiger partial charge >= 0.3 is 0 Å². The summed E-state index contributed by atoms with van der Waals surface area (Å²) in [6.45, 7) is 1.70. The third-order valence-electron chi connectivity index (χ3n) is 11.0. The minimum Gasteiger partial charge on any atom is -0.312 e. The molecule has 4 aromatic heterocycles. The molecule has 5 aliphatic rings. The quantitative estimate of drug-likeness (QED) is 0.217. The smallest absolute Gasteiger partial charge is 0.239 e. The molecule has 0 spiro atoms. The van der Waals surface area contributed by atoms with E-state index in [1.165, 1.54) is 11.3 Å². The summed E-state index contributed by atoms with van der Waals surface area (Å²) in [5.74, 6) is 2.55. The number of nitrogens with zero attached hydrogens (tertiary/aromatic N) is 8. The van der Waals surface area contributed by atoms with E-state index >= 15 is 0 Å². The normalized spacial score (nSPS) is 26.2. The molecule has 2 aromatic carbocycles. The van der Waals surface area contributed by atoms with Gasteiger partial charge in [-0.2, -0.15) is 9.97 Å². The number of hydrogen-bond donors (Lipinski definition) is 1. The van der Waals surface area contributed by atoms with Gasteiger partial charge in [0.15, 0.2) is 0 Å². The van der Waals surface area contributed by atoms with E-state index in [0.717, 1.165) is 64.5 Å². The van der Waals surface area contributed by atoms with Gasteiger partial charge in [0, 0.05) is 60.3 Å². The van der Waals surface area contributed by atoms with Gasteiger partial charge in [-0.05, 0) is 49.0 Å². The molecule has 4 unspecified atom stereocenters. The summed E-state index contributed by atoms with van der Waals surface area (Å²) >= 11 is 0. The molecular weight excluding hydrogens is 594 g/mol. The van der Waals surface area contributed by atoms with E-state index in [0.29, 0.717) is 5.95 Å². The van der Waals surface area contributed by atoms with Crippen LogP contribution in [0.5, 0.6) is 0 Å². The number of fused-ring (bicyclic) bond motifs is 7. The van der Waals surface area contributed by atoms with Crippen LogP contribution >= 0.6 is 0 Å². The zero-order valence-electron chi connectivity index (χ0n) is 25.8. The Hall–Kier alpha value is -5.38. The number of pyridine rings is 2. The van der Waals surface area contributed by atoms with E-state index in [1.54, 1.807) is 0 Å². The Kier molecular flexibility index (Phi) is 5.54. The van der Waals surface area contributed by atoms with Crippen molar-refractivity contribution in [2.24, 2.45) is 0 Å². The fourth-order valence-corrected chi connectivity index (χ4v) is 9.04. The molecular formula is C39H35N9. The van der Waals surface area contributed by atoms with Crippen LogP contribution in [0.1, 0.15) is 31.0 Å². The lowest BCUT2D eigenvalue weighted by Gasteiger charge is -2.38. The zero-order valence-corrected chi connectivity index (χ0v) is 25.8. The predicted octanol–water partition coefficient (Wildman–Crippen LogP) is 6.71. The number of hydrogen-bond acceptors (Lipinski definition) is 8. The third-order valence-corrected chi connectivity index (χ3v) is 11.0. The van der Waals surface area contributed by atoms with Gasteiger partial charge in [0.05, 0.1) is 34.1 Å². The maximum atomic E-state index is 5.46. The summed E-state index contributed by atoms with van der Waals surface area (Å²) < 4.78 is 2.13. The Morgan fingerprint density at radius 2 is 1.62 bits per heavy atom. The van der Waals surface area contributed by atoms with Crippen LogP contribution in [0.3, 0.4) is 0 Å². The Bertz CT molecular complexity index is 2310. The number of para-hydroxylation sites is 2. The van der Waals surface area contributed by atoms with Crippen molar-refractivity contribution in [1.29, 1.82) is 0 Å². The first-order valence-electron chi connectivity index (χ1n) is 16.4. The van der Waals surface area contributed by atoms with E-state index in [-0.39, 0.29) is 30.6 Å². The van der Waals surface area contributed by atoms with Gasteiger partial charge < -0.3 is 15.1 Å². The highest BCUT2D eigenvalue weighted by Crippen LogP contribution is 2.70. The van der Waals surface area contributed by atoms with Crippen molar-refractivity contribution in [2.45, 2.75) is 37.0 Å². The van der Waals surface area contributed by atoms with Crippen LogP contribution in [-0.4, -0.2) is 61.2 Å². The number of rotatable bonds is 3. The van der Waals surface area contributed by atoms with Crippen molar-refractivity contribution < 1.29 is 0 Å². The first-order chi connectivity index (χ1) is 23.2. The van der Waals surface area contributed by atoms with E-state index in [4.69, 9.17) is 19.9 Å². The van der Waals surface area contributed by atoms with Gasteiger partial charge in [-0.3, -0.25) is 14.5 Å². The van der Waals surface area contributed by atoms with Crippen molar-refractivity contribution in [2.75, 3.05) is 29.9 Å². The number of likely N-dealkylation sites (N-methyl/N-ethyl adjacent to an activating group) is 1. The molecule has 1 N–H and O–H groups in total. The summed E-state index contributed by atoms with van der Waals surface area (Å²) in [6, 6.07) is 27.8. The van der Waals surface area contributed by atoms with Crippen LogP contribution in [0.15, 0.2) is 116 Å². The van der Waals surface area contributed by atoms with Gasteiger partial charge in [-0.15, -0.1) is 0 Å². The largest absolute Gasteiger partial charge is 0.312 e. The number of benzene rings is 2. The van der Waals surface area contributed by atoms with Gasteiger partial charge in [0.2, 0.25) is 5.95 Å². The molecule has 1 saturated carbocycles. The fraction of sp³-hybridized carbons (Fsp3) is 0.231. The second-order valence-electron chi connectivity index (χ2n) is 13.3. The molecule has 11 rings (SSSR count). The highest BCUT2D eigenvalue weighted by atomic mass is 15.4. The second kappa shape index (κ2) is 9.59. The minimum atomic E-state index is -0.278. The van der Waals surface area contributed by atoms with Crippen LogP contribution < -0.4 is 15.1 Å². The molecule has 0 radical (unpaired) electrons. The van der Waals surface area contributed by atoms with Gasteiger partial charge in [-0.1, -0.05) is 68.1 Å². The van der Waals surface area contributed by atoms with Crippen molar-refractivity contribution >= 4 is 44.9 Å². The van der Waals surface area contributed by atoms with E-state index < -0.39 is 0 Å². The molecule has 1 aliphatic carbocycles. The van der Waals surface area contributed by atoms with Crippen LogP contribution in [-0.2, 0) is 5.54 Å². The first kappa shape index (κ1) is 27.7. The maximum Gasteiger partial charge on any atom is 0.239 e. The van der Waals surface area contributed by atoms with Crippen molar-refractivity contribution in [3.05, 3.63) is 127 Å². The topological polar surface area (TPSA) is 78.2 Å². The standard InChI is InChI=1S/C38H31N9.CH4/c1-44-21-8-13-27-25-11-3-4-14-28(25)45(35(27)44)31-22-32(47-30-16-7-18-39-33(30)38-23-37(38,47)17-9-20-41-38)43-36(42-31)46-29-15-5-2-10-24(29)26-12-6-19-40-34(26)46;/h2-19,22,27,35,41H,20-21,23H2,1H3;1H4. The first-order valence-corrected chi connectivity index (χ1v) is 16.4. The van der Waals surface area contributed by atoms with E-state index in [2.05, 4.69) is 123 Å². The highest BCUT2D eigenvalue weighted by Gasteiger charge is 2.77.